The van der Waals surface area contributed by atoms with Gasteiger partial charge in [-0.3, -0.25) is 0 Å². The molecule has 0 saturated carbocycles. The van der Waals surface area contributed by atoms with Gasteiger partial charge in [-0.15, -0.1) is 0 Å². The smallest absolute Gasteiger partial charge is 0.170 e. The van der Waals surface area contributed by atoms with Crippen LogP contribution in [0.3, 0.4) is 0 Å². The van der Waals surface area contributed by atoms with Crippen molar-refractivity contribution in [2.45, 2.75) is 19.4 Å². The van der Waals surface area contributed by atoms with Crippen LogP contribution in [0.5, 0.6) is 0 Å². The van der Waals surface area contributed by atoms with E-state index in [1.54, 1.807) is 12.1 Å². The Labute approximate surface area is 118 Å². The molecule has 2 rings (SSSR count). The SMILES string of the molecule is CC1CN(C)CCCN1c1ccc(/C(N)=N/O)cc1F. The number of amidine groups is 1. The second-order valence-electron chi connectivity index (χ2n) is 5.31. The second kappa shape index (κ2) is 6.09. The molecule has 1 unspecified atom stereocenters. The van der Waals surface area contributed by atoms with E-state index in [1.807, 2.05) is 0 Å². The van der Waals surface area contributed by atoms with Crippen molar-refractivity contribution in [1.82, 2.24) is 4.90 Å². The van der Waals surface area contributed by atoms with E-state index >= 15 is 0 Å². The van der Waals surface area contributed by atoms with Crippen molar-refractivity contribution in [2.75, 3.05) is 31.6 Å². The molecule has 3 N–H and O–H groups in total. The van der Waals surface area contributed by atoms with Crippen LogP contribution in [-0.2, 0) is 0 Å². The summed E-state index contributed by atoms with van der Waals surface area (Å²) in [6, 6.07) is 4.93. The first-order chi connectivity index (χ1) is 9.52. The minimum atomic E-state index is -0.342. The lowest BCUT2D eigenvalue weighted by Gasteiger charge is -2.30. The highest BCUT2D eigenvalue weighted by Gasteiger charge is 2.22. The molecule has 1 aromatic carbocycles. The maximum Gasteiger partial charge on any atom is 0.170 e. The fraction of sp³-hybridized carbons (Fsp3) is 0.500. The zero-order valence-corrected chi connectivity index (χ0v) is 11.9. The standard InChI is InChI=1S/C14H21FN4O/c1-10-9-18(2)6-3-7-19(10)13-5-4-11(8-12(13)15)14(16)17-20/h4-5,8,10,20H,3,6-7,9H2,1-2H3,(H2,16,17). The molecule has 1 aromatic rings. The second-order valence-corrected chi connectivity index (χ2v) is 5.31. The maximum absolute atomic E-state index is 14.3. The van der Waals surface area contributed by atoms with Crippen molar-refractivity contribution in [3.05, 3.63) is 29.6 Å². The summed E-state index contributed by atoms with van der Waals surface area (Å²) < 4.78 is 14.3. The van der Waals surface area contributed by atoms with Crippen LogP contribution in [0.2, 0.25) is 0 Å². The summed E-state index contributed by atoms with van der Waals surface area (Å²) in [7, 11) is 2.08. The van der Waals surface area contributed by atoms with Gasteiger partial charge >= 0.3 is 0 Å². The molecule has 6 heteroatoms. The first kappa shape index (κ1) is 14.6. The zero-order chi connectivity index (χ0) is 14.7. The predicted octanol–water partition coefficient (Wildman–Crippen LogP) is 1.45. The summed E-state index contributed by atoms with van der Waals surface area (Å²) in [5.41, 5.74) is 6.43. The van der Waals surface area contributed by atoms with Crippen LogP contribution in [0.4, 0.5) is 10.1 Å². The van der Waals surface area contributed by atoms with Crippen LogP contribution in [-0.4, -0.2) is 48.7 Å². The van der Waals surface area contributed by atoms with Gasteiger partial charge in [0.25, 0.3) is 0 Å². The van der Waals surface area contributed by atoms with Gasteiger partial charge in [-0.25, -0.2) is 4.39 Å². The van der Waals surface area contributed by atoms with E-state index in [-0.39, 0.29) is 17.7 Å². The average Bonchev–Trinajstić information content (AvgIpc) is 2.58. The fourth-order valence-electron chi connectivity index (χ4n) is 2.69. The van der Waals surface area contributed by atoms with Crippen molar-refractivity contribution >= 4 is 11.5 Å². The molecule has 1 aliphatic heterocycles. The Balaban J connectivity index is 2.28. The van der Waals surface area contributed by atoms with Crippen molar-refractivity contribution < 1.29 is 9.60 Å². The lowest BCUT2D eigenvalue weighted by Crippen LogP contribution is -2.38. The molecular formula is C14H21FN4O. The molecule has 0 bridgehead atoms. The van der Waals surface area contributed by atoms with Crippen molar-refractivity contribution in [2.24, 2.45) is 10.9 Å². The highest BCUT2D eigenvalue weighted by Crippen LogP contribution is 2.24. The summed E-state index contributed by atoms with van der Waals surface area (Å²) in [6.45, 7) is 4.84. The maximum atomic E-state index is 14.3. The summed E-state index contributed by atoms with van der Waals surface area (Å²) in [4.78, 5) is 4.34. The largest absolute Gasteiger partial charge is 0.409 e. The number of hydrogen-bond acceptors (Lipinski definition) is 4. The van der Waals surface area contributed by atoms with Crippen molar-refractivity contribution in [3.63, 3.8) is 0 Å². The minimum Gasteiger partial charge on any atom is -0.409 e. The predicted molar refractivity (Wildman–Crippen MR) is 77.8 cm³/mol. The Kier molecular flexibility index (Phi) is 4.44. The number of oxime groups is 1. The molecule has 1 atom stereocenters. The van der Waals surface area contributed by atoms with Gasteiger partial charge < -0.3 is 20.7 Å². The van der Waals surface area contributed by atoms with E-state index in [0.29, 0.717) is 11.3 Å². The van der Waals surface area contributed by atoms with E-state index in [2.05, 4.69) is 28.9 Å². The van der Waals surface area contributed by atoms with Crippen LogP contribution >= 0.6 is 0 Å². The van der Waals surface area contributed by atoms with E-state index < -0.39 is 0 Å². The van der Waals surface area contributed by atoms with E-state index in [4.69, 9.17) is 10.9 Å². The Morgan fingerprint density at radius 3 is 2.85 bits per heavy atom. The Morgan fingerprint density at radius 1 is 1.45 bits per heavy atom. The minimum absolute atomic E-state index is 0.0842. The van der Waals surface area contributed by atoms with E-state index in [1.165, 1.54) is 6.07 Å². The molecule has 5 nitrogen and oxygen atoms in total. The number of benzene rings is 1. The molecule has 0 spiro atoms. The van der Waals surface area contributed by atoms with Crippen LogP contribution < -0.4 is 10.6 Å². The Morgan fingerprint density at radius 2 is 2.20 bits per heavy atom. The first-order valence-electron chi connectivity index (χ1n) is 6.75. The molecule has 110 valence electrons. The number of nitrogens with two attached hydrogens (primary N) is 1. The zero-order valence-electron chi connectivity index (χ0n) is 11.9. The van der Waals surface area contributed by atoms with Crippen LogP contribution in [0.25, 0.3) is 0 Å². The van der Waals surface area contributed by atoms with Crippen LogP contribution in [0.1, 0.15) is 18.9 Å². The van der Waals surface area contributed by atoms with Gasteiger partial charge in [-0.05, 0) is 45.1 Å². The van der Waals surface area contributed by atoms with Crippen LogP contribution in [0.15, 0.2) is 23.4 Å². The fourth-order valence-corrected chi connectivity index (χ4v) is 2.69. The summed E-state index contributed by atoms with van der Waals surface area (Å²) in [6.07, 6.45) is 1.00. The molecule has 0 aromatic heterocycles. The Hall–Kier alpha value is -1.82. The van der Waals surface area contributed by atoms with Gasteiger partial charge in [-0.1, -0.05) is 5.16 Å². The van der Waals surface area contributed by atoms with Gasteiger partial charge in [0.15, 0.2) is 5.84 Å². The number of rotatable bonds is 2. The highest BCUT2D eigenvalue weighted by atomic mass is 19.1. The number of nitrogens with zero attached hydrogens (tertiary/aromatic N) is 3. The van der Waals surface area contributed by atoms with Gasteiger partial charge in [0.1, 0.15) is 5.82 Å². The van der Waals surface area contributed by atoms with E-state index in [9.17, 15) is 4.39 Å². The third-order valence-electron chi connectivity index (χ3n) is 3.71. The molecule has 0 aliphatic carbocycles. The molecular weight excluding hydrogens is 259 g/mol. The monoisotopic (exact) mass is 280 g/mol. The van der Waals surface area contributed by atoms with Crippen molar-refractivity contribution in [1.29, 1.82) is 0 Å². The normalized spacial score (nSPS) is 21.9. The third kappa shape index (κ3) is 3.01. The number of halogens is 1. The average molecular weight is 280 g/mol. The number of likely N-dealkylation sites (N-methyl/N-ethyl adjacent to an activating group) is 1. The quantitative estimate of drug-likeness (QED) is 0.372. The molecule has 1 aliphatic rings. The van der Waals surface area contributed by atoms with Crippen molar-refractivity contribution in [3.8, 4) is 0 Å². The Bertz CT molecular complexity index is 506. The molecule has 20 heavy (non-hydrogen) atoms. The highest BCUT2D eigenvalue weighted by molar-refractivity contribution is 5.97. The molecule has 0 amide bonds. The summed E-state index contributed by atoms with van der Waals surface area (Å²) in [5.74, 6) is -0.426. The topological polar surface area (TPSA) is 65.1 Å². The summed E-state index contributed by atoms with van der Waals surface area (Å²) in [5, 5.41) is 11.5. The lowest BCUT2D eigenvalue weighted by atomic mass is 10.1. The van der Waals surface area contributed by atoms with Gasteiger partial charge in [0.05, 0.1) is 5.69 Å². The molecule has 0 radical (unpaired) electrons. The molecule has 1 heterocycles. The summed E-state index contributed by atoms with van der Waals surface area (Å²) >= 11 is 0. The molecule has 1 saturated heterocycles. The van der Waals surface area contributed by atoms with Gasteiger partial charge in [0, 0.05) is 24.7 Å². The third-order valence-corrected chi connectivity index (χ3v) is 3.71. The van der Waals surface area contributed by atoms with Crippen LogP contribution in [0, 0.1) is 5.82 Å². The first-order valence-corrected chi connectivity index (χ1v) is 6.75. The molecule has 1 fully saturated rings. The van der Waals surface area contributed by atoms with Gasteiger partial charge in [-0.2, -0.15) is 0 Å². The van der Waals surface area contributed by atoms with Gasteiger partial charge in [0.2, 0.25) is 0 Å². The van der Waals surface area contributed by atoms with E-state index in [0.717, 1.165) is 26.1 Å². The lowest BCUT2D eigenvalue weighted by molar-refractivity contribution is 0.318. The number of anilines is 1. The number of hydrogen-bond donors (Lipinski definition) is 2.